The van der Waals surface area contributed by atoms with Gasteiger partial charge in [0.2, 0.25) is 5.13 Å². The summed E-state index contributed by atoms with van der Waals surface area (Å²) in [5.41, 5.74) is 2.87. The summed E-state index contributed by atoms with van der Waals surface area (Å²) < 4.78 is 0. The van der Waals surface area contributed by atoms with E-state index in [-0.39, 0.29) is 11.3 Å². The Hall–Kier alpha value is -2.53. The predicted octanol–water partition coefficient (Wildman–Crippen LogP) is 4.75. The molecule has 0 aliphatic heterocycles. The smallest absolute Gasteiger partial charge is 0.257 e. The van der Waals surface area contributed by atoms with Crippen LogP contribution < -0.4 is 5.32 Å². The van der Waals surface area contributed by atoms with Crippen molar-refractivity contribution in [3.63, 3.8) is 0 Å². The lowest BCUT2D eigenvalue weighted by Gasteiger charge is -2.18. The molecule has 0 atom stereocenters. The van der Waals surface area contributed by atoms with Crippen molar-refractivity contribution < 1.29 is 4.79 Å². The number of anilines is 1. The van der Waals surface area contributed by atoms with Crippen molar-refractivity contribution in [1.82, 2.24) is 10.2 Å². The Balaban J connectivity index is 1.72. The minimum absolute atomic E-state index is 0.0683. The highest BCUT2D eigenvalue weighted by Crippen LogP contribution is 2.26. The first-order valence-corrected chi connectivity index (χ1v) is 8.56. The van der Waals surface area contributed by atoms with Gasteiger partial charge in [-0.05, 0) is 23.1 Å². The lowest BCUT2D eigenvalue weighted by molar-refractivity contribution is 0.102. The zero-order chi connectivity index (χ0) is 17.2. The fourth-order valence-electron chi connectivity index (χ4n) is 2.26. The molecular formula is C19H19N3OS. The molecule has 0 aliphatic carbocycles. The Kier molecular flexibility index (Phi) is 4.44. The largest absolute Gasteiger partial charge is 0.296 e. The van der Waals surface area contributed by atoms with Crippen LogP contribution in [0.25, 0.3) is 10.6 Å². The summed E-state index contributed by atoms with van der Waals surface area (Å²) in [5.74, 6) is -0.175. The maximum atomic E-state index is 12.3. The fraction of sp³-hybridized carbons (Fsp3) is 0.211. The number of amides is 1. The molecule has 1 heterocycles. The molecule has 0 spiro atoms. The molecule has 0 radical (unpaired) electrons. The van der Waals surface area contributed by atoms with Crippen LogP contribution in [0.5, 0.6) is 0 Å². The summed E-state index contributed by atoms with van der Waals surface area (Å²) in [6.45, 7) is 6.44. The second kappa shape index (κ2) is 6.53. The van der Waals surface area contributed by atoms with Gasteiger partial charge in [-0.3, -0.25) is 10.1 Å². The van der Waals surface area contributed by atoms with Gasteiger partial charge in [0.05, 0.1) is 0 Å². The molecule has 0 fully saturated rings. The fourth-order valence-corrected chi connectivity index (χ4v) is 3.01. The third kappa shape index (κ3) is 3.68. The first-order chi connectivity index (χ1) is 11.4. The quantitative estimate of drug-likeness (QED) is 0.750. The van der Waals surface area contributed by atoms with Crippen molar-refractivity contribution in [2.75, 3.05) is 5.32 Å². The van der Waals surface area contributed by atoms with Gasteiger partial charge in [-0.2, -0.15) is 0 Å². The van der Waals surface area contributed by atoms with Crippen molar-refractivity contribution >= 4 is 22.4 Å². The van der Waals surface area contributed by atoms with E-state index in [0.717, 1.165) is 10.6 Å². The Labute approximate surface area is 145 Å². The Morgan fingerprint density at radius 1 is 0.958 bits per heavy atom. The van der Waals surface area contributed by atoms with Gasteiger partial charge in [-0.15, -0.1) is 10.2 Å². The topological polar surface area (TPSA) is 54.9 Å². The van der Waals surface area contributed by atoms with E-state index in [4.69, 9.17) is 0 Å². The molecule has 1 amide bonds. The van der Waals surface area contributed by atoms with Crippen molar-refractivity contribution in [3.05, 3.63) is 65.7 Å². The van der Waals surface area contributed by atoms with Gasteiger partial charge in [0.25, 0.3) is 5.91 Å². The van der Waals surface area contributed by atoms with E-state index in [2.05, 4.69) is 36.3 Å². The number of hydrogen-bond acceptors (Lipinski definition) is 4. The minimum Gasteiger partial charge on any atom is -0.296 e. The van der Waals surface area contributed by atoms with Crippen LogP contribution in [0.4, 0.5) is 5.13 Å². The molecule has 1 aromatic heterocycles. The lowest BCUT2D eigenvalue weighted by Crippen LogP contribution is -2.14. The third-order valence-corrected chi connectivity index (χ3v) is 4.57. The van der Waals surface area contributed by atoms with Crippen molar-refractivity contribution in [2.45, 2.75) is 26.2 Å². The molecule has 5 heteroatoms. The lowest BCUT2D eigenvalue weighted by atomic mass is 9.87. The summed E-state index contributed by atoms with van der Waals surface area (Å²) in [6, 6.07) is 17.5. The highest BCUT2D eigenvalue weighted by atomic mass is 32.1. The Morgan fingerprint density at radius 2 is 1.62 bits per heavy atom. The van der Waals surface area contributed by atoms with E-state index < -0.39 is 0 Å². The minimum atomic E-state index is -0.175. The number of hydrogen-bond donors (Lipinski definition) is 1. The number of rotatable bonds is 3. The van der Waals surface area contributed by atoms with Crippen LogP contribution >= 0.6 is 11.3 Å². The first-order valence-electron chi connectivity index (χ1n) is 7.74. The average Bonchev–Trinajstić information content (AvgIpc) is 3.03. The maximum Gasteiger partial charge on any atom is 0.257 e. The number of benzene rings is 2. The molecule has 0 aliphatic rings. The molecule has 3 aromatic rings. The molecule has 2 aromatic carbocycles. The molecule has 3 rings (SSSR count). The van der Waals surface area contributed by atoms with Crippen LogP contribution in [-0.2, 0) is 5.41 Å². The maximum absolute atomic E-state index is 12.3. The van der Waals surface area contributed by atoms with Gasteiger partial charge in [-0.1, -0.05) is 74.6 Å². The first kappa shape index (κ1) is 16.3. The highest BCUT2D eigenvalue weighted by Gasteiger charge is 2.15. The number of carbonyl (C=O) groups excluding carboxylic acids is 1. The van der Waals surface area contributed by atoms with Crippen LogP contribution in [0, 0.1) is 0 Å². The summed E-state index contributed by atoms with van der Waals surface area (Å²) in [7, 11) is 0. The van der Waals surface area contributed by atoms with Crippen LogP contribution in [-0.4, -0.2) is 16.1 Å². The highest BCUT2D eigenvalue weighted by molar-refractivity contribution is 7.18. The molecule has 4 nitrogen and oxygen atoms in total. The normalized spacial score (nSPS) is 11.3. The van der Waals surface area contributed by atoms with E-state index in [1.54, 1.807) is 0 Å². The average molecular weight is 337 g/mol. The van der Waals surface area contributed by atoms with E-state index >= 15 is 0 Å². The molecular weight excluding hydrogens is 318 g/mol. The summed E-state index contributed by atoms with van der Waals surface area (Å²) in [4.78, 5) is 12.3. The Morgan fingerprint density at radius 3 is 2.25 bits per heavy atom. The summed E-state index contributed by atoms with van der Waals surface area (Å²) >= 11 is 1.36. The summed E-state index contributed by atoms with van der Waals surface area (Å²) in [6.07, 6.45) is 0. The predicted molar refractivity (Wildman–Crippen MR) is 98.4 cm³/mol. The van der Waals surface area contributed by atoms with Gasteiger partial charge in [0.1, 0.15) is 5.01 Å². The van der Waals surface area contributed by atoms with Gasteiger partial charge >= 0.3 is 0 Å². The van der Waals surface area contributed by atoms with Crippen molar-refractivity contribution in [2.24, 2.45) is 0 Å². The van der Waals surface area contributed by atoms with Gasteiger partial charge in [-0.25, -0.2) is 0 Å². The van der Waals surface area contributed by atoms with E-state index in [1.807, 2.05) is 54.6 Å². The molecule has 122 valence electrons. The van der Waals surface area contributed by atoms with Gasteiger partial charge in [0, 0.05) is 11.1 Å². The van der Waals surface area contributed by atoms with E-state index in [1.165, 1.54) is 16.9 Å². The SMILES string of the molecule is CC(C)(C)c1ccc(C(=O)Nc2nnc(-c3ccccc3)s2)cc1. The molecule has 0 bridgehead atoms. The number of carbonyl (C=O) groups is 1. The van der Waals surface area contributed by atoms with Crippen LogP contribution in [0.1, 0.15) is 36.7 Å². The molecule has 0 saturated carbocycles. The number of aromatic nitrogens is 2. The number of nitrogens with one attached hydrogen (secondary N) is 1. The monoisotopic (exact) mass is 337 g/mol. The Bertz CT molecular complexity index is 833. The zero-order valence-corrected chi connectivity index (χ0v) is 14.7. The number of nitrogens with zero attached hydrogens (tertiary/aromatic N) is 2. The van der Waals surface area contributed by atoms with Gasteiger partial charge in [0.15, 0.2) is 0 Å². The molecule has 0 saturated heterocycles. The van der Waals surface area contributed by atoms with Crippen LogP contribution in [0.2, 0.25) is 0 Å². The second-order valence-electron chi connectivity index (χ2n) is 6.56. The van der Waals surface area contributed by atoms with E-state index in [0.29, 0.717) is 10.7 Å². The molecule has 24 heavy (non-hydrogen) atoms. The van der Waals surface area contributed by atoms with Gasteiger partial charge < -0.3 is 0 Å². The summed E-state index contributed by atoms with van der Waals surface area (Å²) in [5, 5.41) is 12.3. The molecule has 1 N–H and O–H groups in total. The van der Waals surface area contributed by atoms with Crippen molar-refractivity contribution in [1.29, 1.82) is 0 Å². The van der Waals surface area contributed by atoms with E-state index in [9.17, 15) is 4.79 Å². The third-order valence-electron chi connectivity index (χ3n) is 3.68. The van der Waals surface area contributed by atoms with Crippen molar-refractivity contribution in [3.8, 4) is 10.6 Å². The van der Waals surface area contributed by atoms with Crippen LogP contribution in [0.15, 0.2) is 54.6 Å². The second-order valence-corrected chi connectivity index (χ2v) is 7.54. The molecule has 0 unspecified atom stereocenters. The van der Waals surface area contributed by atoms with Crippen LogP contribution in [0.3, 0.4) is 0 Å². The zero-order valence-electron chi connectivity index (χ0n) is 13.9. The standard InChI is InChI=1S/C19H19N3OS/c1-19(2,3)15-11-9-13(10-12-15)16(23)20-18-22-21-17(24-18)14-7-5-4-6-8-14/h4-12H,1-3H3,(H,20,22,23).